The molecule has 0 bridgehead atoms. The molecule has 0 aliphatic rings. The highest BCUT2D eigenvalue weighted by Crippen LogP contribution is 2.17. The molecule has 0 aliphatic carbocycles. The zero-order valence-electron chi connectivity index (χ0n) is 53.3. The maximum atomic E-state index is 13.0. The molecule has 0 N–H and O–H groups in total. The van der Waals surface area contributed by atoms with E-state index in [1.165, 1.54) is 186 Å². The SMILES string of the molecule is CC/C=C\C/C=C\C/C=C\C/C=C\C/C=C\C/C=C\CCC(=O)OCC(COC(=O)CCCCCCCCCC/C=C\C/C=C\C/C=C\CCCCCCC)OC(=O)CCCCCCCCCCCCCCCCCCCCCCC. The topological polar surface area (TPSA) is 78.9 Å². The molecule has 0 aliphatic heterocycles. The van der Waals surface area contributed by atoms with Crippen LogP contribution in [0.3, 0.4) is 0 Å². The van der Waals surface area contributed by atoms with Crippen molar-refractivity contribution in [2.45, 2.75) is 335 Å². The van der Waals surface area contributed by atoms with Gasteiger partial charge >= 0.3 is 17.9 Å². The predicted molar refractivity (Wildman–Crippen MR) is 353 cm³/mol. The molecule has 0 rings (SSSR count). The molecule has 0 aromatic rings. The molecule has 0 heterocycles. The zero-order valence-corrected chi connectivity index (χ0v) is 53.3. The van der Waals surface area contributed by atoms with Crippen LogP contribution >= 0.6 is 0 Å². The fourth-order valence-electron chi connectivity index (χ4n) is 9.65. The largest absolute Gasteiger partial charge is 0.462 e. The first-order chi connectivity index (χ1) is 40.0. The first-order valence-electron chi connectivity index (χ1n) is 34.4. The van der Waals surface area contributed by atoms with Crippen molar-refractivity contribution in [1.29, 1.82) is 0 Å². The van der Waals surface area contributed by atoms with Crippen LogP contribution < -0.4 is 0 Å². The van der Waals surface area contributed by atoms with E-state index in [1.54, 1.807) is 0 Å². The molecule has 1 unspecified atom stereocenters. The second kappa shape index (κ2) is 68.6. The standard InChI is InChI=1S/C75H128O6/c1-4-7-10-13-16-19-22-25-28-31-34-36-37-39-41-44-47-50-53-56-59-62-65-68-74(77)80-71-72(70-79-73(76)67-64-61-58-55-52-49-46-43-40-33-30-27-24-21-18-15-12-9-6-3)81-75(78)69-66-63-60-57-54-51-48-45-42-38-35-32-29-26-23-20-17-14-11-8-5-2/h9,12,18,21-22,25,27,30-31,34,37,39-40,43,49,52,58,61,72H,4-8,10-11,13-17,19-20,23-24,26,28-29,32-33,35-36,38,41-42,44-48,50-51,53-57,59-60,62-71H2,1-3H3/b12-9-,21-18-,25-22-,30-27-,34-31-,39-37-,43-40-,52-49-,61-58-. The summed E-state index contributed by atoms with van der Waals surface area (Å²) in [6.45, 7) is 6.49. The first-order valence-corrected chi connectivity index (χ1v) is 34.4. The summed E-state index contributed by atoms with van der Waals surface area (Å²) in [4.78, 5) is 38.4. The number of ether oxygens (including phenoxy) is 3. The first kappa shape index (κ1) is 77.1. The average Bonchev–Trinajstić information content (AvgIpc) is 3.47. The molecule has 6 nitrogen and oxygen atoms in total. The number of esters is 3. The second-order valence-electron chi connectivity index (χ2n) is 22.7. The molecule has 81 heavy (non-hydrogen) atoms. The lowest BCUT2D eigenvalue weighted by Gasteiger charge is -2.18. The summed E-state index contributed by atoms with van der Waals surface area (Å²) in [6.07, 6.45) is 94.0. The van der Waals surface area contributed by atoms with E-state index in [0.717, 1.165) is 96.3 Å². The lowest BCUT2D eigenvalue weighted by atomic mass is 10.0. The molecule has 0 aromatic heterocycles. The van der Waals surface area contributed by atoms with Crippen molar-refractivity contribution in [3.05, 3.63) is 109 Å². The molecular weight excluding hydrogens is 997 g/mol. The van der Waals surface area contributed by atoms with E-state index in [0.29, 0.717) is 19.3 Å². The van der Waals surface area contributed by atoms with E-state index in [9.17, 15) is 14.4 Å². The van der Waals surface area contributed by atoms with Gasteiger partial charge in [0.25, 0.3) is 0 Å². The number of allylic oxidation sites excluding steroid dienone is 18. The summed E-state index contributed by atoms with van der Waals surface area (Å²) in [7, 11) is 0. The second-order valence-corrected chi connectivity index (χ2v) is 22.7. The van der Waals surface area contributed by atoms with Gasteiger partial charge in [-0.25, -0.2) is 0 Å². The van der Waals surface area contributed by atoms with Crippen LogP contribution in [0.2, 0.25) is 0 Å². The molecule has 0 saturated carbocycles. The minimum Gasteiger partial charge on any atom is -0.462 e. The van der Waals surface area contributed by atoms with Gasteiger partial charge in [-0.15, -0.1) is 0 Å². The van der Waals surface area contributed by atoms with Gasteiger partial charge in [0, 0.05) is 19.3 Å². The quantitative estimate of drug-likeness (QED) is 0.0261. The van der Waals surface area contributed by atoms with Gasteiger partial charge in [-0.1, -0.05) is 323 Å². The molecule has 0 saturated heterocycles. The van der Waals surface area contributed by atoms with E-state index >= 15 is 0 Å². The van der Waals surface area contributed by atoms with E-state index in [1.807, 2.05) is 6.08 Å². The Balaban J connectivity index is 4.46. The Labute approximate surface area is 501 Å². The van der Waals surface area contributed by atoms with Crippen LogP contribution in [0.25, 0.3) is 0 Å². The van der Waals surface area contributed by atoms with Crippen LogP contribution in [0.15, 0.2) is 109 Å². The van der Waals surface area contributed by atoms with Crippen molar-refractivity contribution < 1.29 is 28.6 Å². The van der Waals surface area contributed by atoms with Crippen molar-refractivity contribution in [2.24, 2.45) is 0 Å². The molecule has 0 spiro atoms. The van der Waals surface area contributed by atoms with Crippen molar-refractivity contribution >= 4 is 17.9 Å². The smallest absolute Gasteiger partial charge is 0.306 e. The average molecular weight is 1130 g/mol. The fourth-order valence-corrected chi connectivity index (χ4v) is 9.65. The van der Waals surface area contributed by atoms with E-state index < -0.39 is 6.10 Å². The number of rotatable bonds is 62. The Morgan fingerprint density at radius 1 is 0.259 bits per heavy atom. The summed E-state index contributed by atoms with van der Waals surface area (Å²) < 4.78 is 16.9. The molecule has 0 amide bonds. The van der Waals surface area contributed by atoms with Gasteiger partial charge in [0.1, 0.15) is 13.2 Å². The van der Waals surface area contributed by atoms with Gasteiger partial charge in [0.05, 0.1) is 0 Å². The number of carbonyl (C=O) groups is 3. The highest BCUT2D eigenvalue weighted by molar-refractivity contribution is 5.71. The van der Waals surface area contributed by atoms with Gasteiger partial charge < -0.3 is 14.2 Å². The minimum atomic E-state index is -0.814. The van der Waals surface area contributed by atoms with Gasteiger partial charge in [-0.05, 0) is 96.3 Å². The Morgan fingerprint density at radius 2 is 0.506 bits per heavy atom. The van der Waals surface area contributed by atoms with E-state index in [4.69, 9.17) is 14.2 Å². The Morgan fingerprint density at radius 3 is 0.827 bits per heavy atom. The van der Waals surface area contributed by atoms with Crippen molar-refractivity contribution in [2.75, 3.05) is 13.2 Å². The third kappa shape index (κ3) is 66.8. The summed E-state index contributed by atoms with van der Waals surface area (Å²) in [5, 5.41) is 0. The molecule has 1 atom stereocenters. The molecular formula is C75H128O6. The van der Waals surface area contributed by atoms with E-state index in [-0.39, 0.29) is 37.5 Å². The predicted octanol–water partition coefficient (Wildman–Crippen LogP) is 23.8. The minimum absolute atomic E-state index is 0.104. The summed E-state index contributed by atoms with van der Waals surface area (Å²) >= 11 is 0. The third-order valence-electron chi connectivity index (χ3n) is 14.8. The number of unbranched alkanes of at least 4 members (excludes halogenated alkanes) is 33. The van der Waals surface area contributed by atoms with Gasteiger partial charge in [-0.3, -0.25) is 14.4 Å². The van der Waals surface area contributed by atoms with E-state index in [2.05, 4.69) is 124 Å². The Bertz CT molecular complexity index is 1620. The number of carbonyl (C=O) groups excluding carboxylic acids is 3. The Hall–Kier alpha value is -3.93. The summed E-state index contributed by atoms with van der Waals surface area (Å²) in [6, 6.07) is 0. The van der Waals surface area contributed by atoms with Crippen LogP contribution in [0.5, 0.6) is 0 Å². The molecule has 6 heteroatoms. The lowest BCUT2D eigenvalue weighted by molar-refractivity contribution is -0.166. The maximum absolute atomic E-state index is 13.0. The highest BCUT2D eigenvalue weighted by Gasteiger charge is 2.19. The normalized spacial score (nSPS) is 12.8. The fraction of sp³-hybridized carbons (Fsp3) is 0.720. The van der Waals surface area contributed by atoms with Crippen molar-refractivity contribution in [3.8, 4) is 0 Å². The van der Waals surface area contributed by atoms with Gasteiger partial charge in [0.2, 0.25) is 0 Å². The molecule has 464 valence electrons. The number of hydrogen-bond acceptors (Lipinski definition) is 6. The van der Waals surface area contributed by atoms with Crippen LogP contribution in [-0.4, -0.2) is 37.2 Å². The zero-order chi connectivity index (χ0) is 58.5. The number of hydrogen-bond donors (Lipinski definition) is 0. The maximum Gasteiger partial charge on any atom is 0.306 e. The Kier molecular flexibility index (Phi) is 65.2. The van der Waals surface area contributed by atoms with Crippen LogP contribution in [0, 0.1) is 0 Å². The van der Waals surface area contributed by atoms with Gasteiger partial charge in [-0.2, -0.15) is 0 Å². The van der Waals surface area contributed by atoms with Crippen LogP contribution in [0.1, 0.15) is 329 Å². The highest BCUT2D eigenvalue weighted by atomic mass is 16.6. The lowest BCUT2D eigenvalue weighted by Crippen LogP contribution is -2.30. The molecule has 0 radical (unpaired) electrons. The summed E-state index contributed by atoms with van der Waals surface area (Å²) in [5.41, 5.74) is 0. The third-order valence-corrected chi connectivity index (χ3v) is 14.8. The van der Waals surface area contributed by atoms with Gasteiger partial charge in [0.15, 0.2) is 6.10 Å². The van der Waals surface area contributed by atoms with Crippen molar-refractivity contribution in [3.63, 3.8) is 0 Å². The molecule has 0 aromatic carbocycles. The monoisotopic (exact) mass is 1120 g/mol. The van der Waals surface area contributed by atoms with Crippen LogP contribution in [-0.2, 0) is 28.6 Å². The molecule has 0 fully saturated rings. The van der Waals surface area contributed by atoms with Crippen LogP contribution in [0.4, 0.5) is 0 Å². The van der Waals surface area contributed by atoms with Crippen molar-refractivity contribution in [1.82, 2.24) is 0 Å². The summed E-state index contributed by atoms with van der Waals surface area (Å²) in [5.74, 6) is -0.984.